The van der Waals surface area contributed by atoms with Crippen LogP contribution in [0, 0.1) is 6.92 Å². The van der Waals surface area contributed by atoms with Gasteiger partial charge in [-0.3, -0.25) is 14.2 Å². The second-order valence-corrected chi connectivity index (χ2v) is 19.0. The molecule has 4 heterocycles. The zero-order valence-corrected chi connectivity index (χ0v) is 36.1. The molecule has 0 saturated carbocycles. The molecule has 0 aliphatic carbocycles. The number of guanidine groups is 1. The van der Waals surface area contributed by atoms with Crippen molar-refractivity contribution in [3.63, 3.8) is 0 Å². The van der Waals surface area contributed by atoms with Crippen molar-refractivity contribution in [1.82, 2.24) is 39.3 Å². The number of hydrogen-bond donors (Lipinski definition) is 5. The Morgan fingerprint density at radius 3 is 2.26 bits per heavy atom. The SMILES string of the molecule is CC(C)(C)c1cc2cn(-c3ccc(CNCCCN=C(N)N)cc3)c(=O)nc2[nH]1.Cc1ccn(CCCN(C2CCNCC2)S(=O)(=O)c2ccc(C(C)(C)C)cc2)n1. The molecular weight excluding hydrogens is 751 g/mol. The molecule has 0 radical (unpaired) electrons. The van der Waals surface area contributed by atoms with Crippen LogP contribution in [0.2, 0.25) is 0 Å². The monoisotopic (exact) mass is 813 g/mol. The first-order valence-electron chi connectivity index (χ1n) is 20.2. The number of nitrogens with one attached hydrogen (secondary N) is 3. The number of hydrogen-bond acceptors (Lipinski definition) is 8. The fraction of sp³-hybridized carbons (Fsp3) is 0.488. The number of piperidine rings is 1. The molecule has 6 rings (SSSR count). The van der Waals surface area contributed by atoms with E-state index < -0.39 is 10.0 Å². The number of sulfonamides is 1. The maximum absolute atomic E-state index is 13.5. The first-order chi connectivity index (χ1) is 27.4. The third-order valence-corrected chi connectivity index (χ3v) is 12.2. The number of nitrogens with two attached hydrogens (primary N) is 2. The molecule has 0 atom stereocenters. The Kier molecular flexibility index (Phi) is 14.7. The molecule has 5 aromatic rings. The number of rotatable bonds is 14. The van der Waals surface area contributed by atoms with Crippen LogP contribution in [0.15, 0.2) is 87.7 Å². The number of aromatic amines is 1. The highest BCUT2D eigenvalue weighted by molar-refractivity contribution is 7.89. The Labute approximate surface area is 343 Å². The molecule has 0 spiro atoms. The average Bonchev–Trinajstić information content (AvgIpc) is 3.80. The van der Waals surface area contributed by atoms with Crippen LogP contribution in [-0.2, 0) is 33.9 Å². The molecule has 2 aromatic carbocycles. The van der Waals surface area contributed by atoms with Gasteiger partial charge in [0.1, 0.15) is 5.65 Å². The molecule has 7 N–H and O–H groups in total. The number of aromatic nitrogens is 5. The predicted molar refractivity (Wildman–Crippen MR) is 234 cm³/mol. The Bertz CT molecular complexity index is 2270. The number of aliphatic imine (C=N–C) groups is 1. The number of benzene rings is 2. The molecule has 58 heavy (non-hydrogen) atoms. The summed E-state index contributed by atoms with van der Waals surface area (Å²) in [5.41, 5.74) is 16.0. The summed E-state index contributed by atoms with van der Waals surface area (Å²) < 4.78 is 32.2. The van der Waals surface area contributed by atoms with E-state index in [1.807, 2.05) is 66.5 Å². The quantitative estimate of drug-likeness (QED) is 0.0577. The van der Waals surface area contributed by atoms with Crippen molar-refractivity contribution in [3.8, 4) is 5.69 Å². The van der Waals surface area contributed by atoms with E-state index in [1.54, 1.807) is 21.0 Å². The number of fused-ring (bicyclic) bond motifs is 1. The van der Waals surface area contributed by atoms with Gasteiger partial charge in [-0.2, -0.15) is 14.4 Å². The zero-order chi connectivity index (χ0) is 42.1. The van der Waals surface area contributed by atoms with Crippen LogP contribution in [-0.4, -0.2) is 81.8 Å². The van der Waals surface area contributed by atoms with Crippen LogP contribution in [0.3, 0.4) is 0 Å². The van der Waals surface area contributed by atoms with E-state index in [4.69, 9.17) is 11.5 Å². The van der Waals surface area contributed by atoms with Crippen molar-refractivity contribution < 1.29 is 8.42 Å². The third-order valence-electron chi connectivity index (χ3n) is 10.2. The zero-order valence-electron chi connectivity index (χ0n) is 35.3. The summed E-state index contributed by atoms with van der Waals surface area (Å²) in [7, 11) is -3.54. The molecule has 3 aromatic heterocycles. The van der Waals surface area contributed by atoms with Crippen molar-refractivity contribution in [2.24, 2.45) is 16.5 Å². The Morgan fingerprint density at radius 2 is 1.66 bits per heavy atom. The second kappa shape index (κ2) is 19.3. The van der Waals surface area contributed by atoms with Gasteiger partial charge in [0.25, 0.3) is 0 Å². The lowest BCUT2D eigenvalue weighted by Gasteiger charge is -2.34. The van der Waals surface area contributed by atoms with Gasteiger partial charge in [0, 0.05) is 61.1 Å². The molecule has 1 saturated heterocycles. The summed E-state index contributed by atoms with van der Waals surface area (Å²) in [6, 6.07) is 19.4. The van der Waals surface area contributed by atoms with Crippen molar-refractivity contribution in [2.75, 3.05) is 32.7 Å². The molecule has 0 bridgehead atoms. The van der Waals surface area contributed by atoms with E-state index in [0.717, 1.165) is 85.5 Å². The molecule has 1 aliphatic heterocycles. The van der Waals surface area contributed by atoms with Gasteiger partial charge < -0.3 is 27.1 Å². The number of nitrogens with zero attached hydrogens (tertiary/aromatic N) is 6. The van der Waals surface area contributed by atoms with Crippen molar-refractivity contribution in [3.05, 3.63) is 106 Å². The molecule has 14 nitrogen and oxygen atoms in total. The van der Waals surface area contributed by atoms with E-state index in [-0.39, 0.29) is 28.5 Å². The Balaban J connectivity index is 0.000000221. The van der Waals surface area contributed by atoms with Crippen LogP contribution in [0.4, 0.5) is 0 Å². The summed E-state index contributed by atoms with van der Waals surface area (Å²) >= 11 is 0. The van der Waals surface area contributed by atoms with Gasteiger partial charge in [-0.25, -0.2) is 13.2 Å². The van der Waals surface area contributed by atoms with E-state index in [9.17, 15) is 13.2 Å². The van der Waals surface area contributed by atoms with Crippen LogP contribution in [0.1, 0.15) is 89.7 Å². The predicted octanol–water partition coefficient (Wildman–Crippen LogP) is 5.09. The van der Waals surface area contributed by atoms with Crippen LogP contribution < -0.4 is 27.8 Å². The molecule has 0 unspecified atom stereocenters. The smallest absolute Gasteiger partial charge is 0.354 e. The van der Waals surface area contributed by atoms with Crippen molar-refractivity contribution in [2.45, 2.75) is 109 Å². The fourth-order valence-electron chi connectivity index (χ4n) is 6.83. The molecule has 314 valence electrons. The first kappa shape index (κ1) is 44.3. The van der Waals surface area contributed by atoms with Crippen LogP contribution >= 0.6 is 0 Å². The topological polar surface area (TPSA) is 194 Å². The van der Waals surface area contributed by atoms with Crippen molar-refractivity contribution >= 4 is 27.0 Å². The Hall–Kier alpha value is -4.83. The summed E-state index contributed by atoms with van der Waals surface area (Å²) in [5, 5.41) is 12.0. The molecule has 1 aliphatic rings. The standard InChI is InChI=1S/C22H34N4O2S.C21H29N7O/c1-18-12-17-25(24-18)15-5-16-26(20-10-13-23-14-11-20)29(27,28)21-8-6-19(7-9-21)22(2,3)4;1-21(2,3)17-11-15-13-28(20(29)27-18(15)26-17)16-7-5-14(6-8-16)12-24-9-4-10-25-19(22)23/h6-9,12,17,20,23H,5,10-11,13-16H2,1-4H3;5-8,11,13,24H,4,9-10,12H2,1-3H3,(H4,22,23,25)(H,26,27,29). The van der Waals surface area contributed by atoms with Crippen LogP contribution in [0.5, 0.6) is 0 Å². The highest BCUT2D eigenvalue weighted by Gasteiger charge is 2.32. The van der Waals surface area contributed by atoms with E-state index in [0.29, 0.717) is 30.2 Å². The van der Waals surface area contributed by atoms with E-state index in [2.05, 4.69) is 78.3 Å². The summed E-state index contributed by atoms with van der Waals surface area (Å²) in [4.78, 5) is 24.3. The third kappa shape index (κ3) is 12.1. The minimum Gasteiger partial charge on any atom is -0.370 e. The lowest BCUT2D eigenvalue weighted by molar-refractivity contribution is 0.255. The maximum Gasteiger partial charge on any atom is 0.354 e. The lowest BCUT2D eigenvalue weighted by Crippen LogP contribution is -2.46. The van der Waals surface area contributed by atoms with Gasteiger partial charge in [-0.15, -0.1) is 0 Å². The summed E-state index contributed by atoms with van der Waals surface area (Å²) in [5.74, 6) is 0.123. The minimum atomic E-state index is -3.54. The molecule has 0 amide bonds. The lowest BCUT2D eigenvalue weighted by atomic mass is 9.87. The Morgan fingerprint density at radius 1 is 0.966 bits per heavy atom. The highest BCUT2D eigenvalue weighted by Crippen LogP contribution is 2.28. The molecule has 1 fully saturated rings. The van der Waals surface area contributed by atoms with Gasteiger partial charge in [0.05, 0.1) is 16.3 Å². The minimum absolute atomic E-state index is 0.00108. The van der Waals surface area contributed by atoms with Gasteiger partial charge in [-0.05, 0) is 105 Å². The van der Waals surface area contributed by atoms with Crippen LogP contribution in [0.25, 0.3) is 16.7 Å². The summed E-state index contributed by atoms with van der Waals surface area (Å²) in [6.45, 7) is 19.8. The largest absolute Gasteiger partial charge is 0.370 e. The van der Waals surface area contributed by atoms with E-state index >= 15 is 0 Å². The average molecular weight is 814 g/mol. The maximum atomic E-state index is 13.5. The van der Waals surface area contributed by atoms with Crippen molar-refractivity contribution in [1.29, 1.82) is 0 Å². The van der Waals surface area contributed by atoms with Gasteiger partial charge in [0.2, 0.25) is 10.0 Å². The fourth-order valence-corrected chi connectivity index (χ4v) is 8.56. The number of H-pyrrole nitrogens is 1. The van der Waals surface area contributed by atoms with Gasteiger partial charge >= 0.3 is 5.69 Å². The first-order valence-corrected chi connectivity index (χ1v) is 21.7. The normalized spacial score (nSPS) is 14.1. The molecular formula is C43H63N11O3S. The highest BCUT2D eigenvalue weighted by atomic mass is 32.2. The van der Waals surface area contributed by atoms with Gasteiger partial charge in [-0.1, -0.05) is 65.8 Å². The summed E-state index contributed by atoms with van der Waals surface area (Å²) in [6.07, 6.45) is 7.09. The van der Waals surface area contributed by atoms with Gasteiger partial charge in [0.15, 0.2) is 5.96 Å². The van der Waals surface area contributed by atoms with E-state index in [1.165, 1.54) is 0 Å². The second-order valence-electron chi connectivity index (χ2n) is 17.1. The number of aryl methyl sites for hydroxylation is 2. The molecule has 15 heteroatoms.